The fourth-order valence-electron chi connectivity index (χ4n) is 4.82. The summed E-state index contributed by atoms with van der Waals surface area (Å²) in [5.74, 6) is 2.36. The van der Waals surface area contributed by atoms with Gasteiger partial charge in [-0.3, -0.25) is 4.79 Å². The van der Waals surface area contributed by atoms with E-state index in [0.29, 0.717) is 17.4 Å². The number of carbonyl (C=O) groups is 1. The van der Waals surface area contributed by atoms with Crippen molar-refractivity contribution in [1.29, 1.82) is 0 Å². The highest BCUT2D eigenvalue weighted by molar-refractivity contribution is 6.31. The van der Waals surface area contributed by atoms with Crippen LogP contribution in [0.3, 0.4) is 0 Å². The average molecular weight is 385 g/mol. The predicted octanol–water partition coefficient (Wildman–Crippen LogP) is 3.68. The van der Waals surface area contributed by atoms with Gasteiger partial charge in [-0.15, -0.1) is 10.2 Å². The lowest BCUT2D eigenvalue weighted by Gasteiger charge is -2.42. The van der Waals surface area contributed by atoms with E-state index in [0.717, 1.165) is 36.9 Å². The lowest BCUT2D eigenvalue weighted by atomic mass is 9.62. The van der Waals surface area contributed by atoms with Crippen molar-refractivity contribution in [2.24, 2.45) is 11.3 Å². The number of aromatic nitrogens is 3. The maximum absolute atomic E-state index is 13.0. The molecule has 0 bridgehead atoms. The highest BCUT2D eigenvalue weighted by Gasteiger charge is 2.53. The Bertz CT molecular complexity index is 855. The number of amides is 1. The number of hydrogen-bond acceptors (Lipinski definition) is 3. The van der Waals surface area contributed by atoms with Crippen LogP contribution in [0.1, 0.15) is 49.4 Å². The van der Waals surface area contributed by atoms with E-state index in [9.17, 15) is 4.79 Å². The third-order valence-corrected chi connectivity index (χ3v) is 7.13. The summed E-state index contributed by atoms with van der Waals surface area (Å²) in [7, 11) is 0. The number of halogens is 1. The van der Waals surface area contributed by atoms with Crippen molar-refractivity contribution in [3.63, 3.8) is 0 Å². The van der Waals surface area contributed by atoms with Gasteiger partial charge in [0.2, 0.25) is 5.91 Å². The van der Waals surface area contributed by atoms with Gasteiger partial charge in [0.25, 0.3) is 0 Å². The van der Waals surface area contributed by atoms with Crippen molar-refractivity contribution in [2.75, 3.05) is 13.1 Å². The Morgan fingerprint density at radius 2 is 2.07 bits per heavy atom. The zero-order chi connectivity index (χ0) is 18.4. The Morgan fingerprint density at radius 3 is 2.78 bits per heavy atom. The summed E-state index contributed by atoms with van der Waals surface area (Å²) in [6, 6.07) is 7.64. The first kappa shape index (κ1) is 17.2. The van der Waals surface area contributed by atoms with E-state index in [1.54, 1.807) is 0 Å². The summed E-state index contributed by atoms with van der Waals surface area (Å²) in [5, 5.41) is 9.39. The molecule has 2 aromatic rings. The fourth-order valence-corrected chi connectivity index (χ4v) is 5.02. The van der Waals surface area contributed by atoms with Gasteiger partial charge in [0, 0.05) is 30.6 Å². The first-order chi connectivity index (χ1) is 13.1. The molecular formula is C21H25ClN4O. The van der Waals surface area contributed by atoms with Crippen LogP contribution in [0, 0.1) is 11.3 Å². The number of carbonyl (C=O) groups excluding carboxylic acids is 1. The number of nitrogens with zero attached hydrogens (tertiary/aromatic N) is 4. The van der Waals surface area contributed by atoms with E-state index < -0.39 is 0 Å². The molecule has 0 radical (unpaired) electrons. The van der Waals surface area contributed by atoms with E-state index >= 15 is 0 Å². The molecule has 6 heteroatoms. The van der Waals surface area contributed by atoms with Gasteiger partial charge in [-0.05, 0) is 48.6 Å². The second-order valence-electron chi connectivity index (χ2n) is 8.60. The lowest BCUT2D eigenvalue weighted by molar-refractivity contribution is -0.130. The molecule has 1 aromatic heterocycles. The van der Waals surface area contributed by atoms with Crippen LogP contribution in [0.5, 0.6) is 0 Å². The van der Waals surface area contributed by atoms with E-state index in [1.807, 2.05) is 35.5 Å². The normalized spacial score (nSPS) is 23.6. The van der Waals surface area contributed by atoms with E-state index in [2.05, 4.69) is 14.8 Å². The summed E-state index contributed by atoms with van der Waals surface area (Å²) >= 11 is 6.26. The zero-order valence-corrected chi connectivity index (χ0v) is 16.2. The summed E-state index contributed by atoms with van der Waals surface area (Å²) in [6.07, 6.45) is 8.50. The van der Waals surface area contributed by atoms with Crippen molar-refractivity contribution >= 4 is 17.5 Å². The second kappa shape index (κ2) is 6.62. The van der Waals surface area contributed by atoms with Crippen molar-refractivity contribution in [3.8, 4) is 0 Å². The lowest BCUT2D eigenvalue weighted by Crippen LogP contribution is -2.38. The molecule has 1 spiro atoms. The minimum atomic E-state index is 0.171. The van der Waals surface area contributed by atoms with Crippen LogP contribution in [0.2, 0.25) is 5.02 Å². The molecule has 1 unspecified atom stereocenters. The first-order valence-electron chi connectivity index (χ1n) is 10.0. The van der Waals surface area contributed by atoms with Crippen molar-refractivity contribution < 1.29 is 4.79 Å². The quantitative estimate of drug-likeness (QED) is 0.790. The van der Waals surface area contributed by atoms with Crippen LogP contribution in [0.15, 0.2) is 30.6 Å². The van der Waals surface area contributed by atoms with Crippen molar-refractivity contribution in [2.45, 2.75) is 51.0 Å². The van der Waals surface area contributed by atoms with Crippen molar-refractivity contribution in [1.82, 2.24) is 19.7 Å². The summed E-state index contributed by atoms with van der Waals surface area (Å²) < 4.78 is 2.25. The molecule has 1 saturated heterocycles. The van der Waals surface area contributed by atoms with E-state index in [1.165, 1.54) is 32.1 Å². The predicted molar refractivity (Wildman–Crippen MR) is 104 cm³/mol. The van der Waals surface area contributed by atoms with Gasteiger partial charge in [0.15, 0.2) is 0 Å². The Balaban J connectivity index is 1.36. The molecule has 3 fully saturated rings. The van der Waals surface area contributed by atoms with Crippen LogP contribution in [-0.2, 0) is 17.8 Å². The molecule has 1 amide bonds. The summed E-state index contributed by atoms with van der Waals surface area (Å²) in [6.45, 7) is 2.63. The largest absolute Gasteiger partial charge is 0.341 e. The molecule has 0 N–H and O–H groups in total. The molecule has 27 heavy (non-hydrogen) atoms. The van der Waals surface area contributed by atoms with Crippen LogP contribution in [0.4, 0.5) is 0 Å². The maximum Gasteiger partial charge on any atom is 0.227 e. The monoisotopic (exact) mass is 384 g/mol. The smallest absolute Gasteiger partial charge is 0.227 e. The molecule has 2 heterocycles. The van der Waals surface area contributed by atoms with Crippen molar-refractivity contribution in [3.05, 3.63) is 47.0 Å². The number of benzene rings is 1. The standard InChI is InChI=1S/C21H25ClN4O/c22-18-5-2-1-4-16(18)10-19(27)25-12-17(21(13-25)8-3-9-21)20-24-23-14-26(20)11-15-6-7-15/h1-2,4-5,14-15,17H,3,6-13H2. The molecule has 1 aliphatic heterocycles. The summed E-state index contributed by atoms with van der Waals surface area (Å²) in [4.78, 5) is 15.1. The minimum absolute atomic E-state index is 0.171. The Morgan fingerprint density at radius 1 is 1.26 bits per heavy atom. The number of likely N-dealkylation sites (tertiary alicyclic amines) is 1. The third kappa shape index (κ3) is 3.16. The molecule has 5 nitrogen and oxygen atoms in total. The number of rotatable bonds is 5. The Kier molecular flexibility index (Phi) is 4.23. The first-order valence-corrected chi connectivity index (χ1v) is 10.4. The molecule has 5 rings (SSSR count). The molecule has 2 aliphatic carbocycles. The molecule has 3 aliphatic rings. The van der Waals surface area contributed by atoms with Crippen LogP contribution >= 0.6 is 11.6 Å². The van der Waals surface area contributed by atoms with E-state index in [4.69, 9.17) is 11.6 Å². The highest BCUT2D eigenvalue weighted by Crippen LogP contribution is 2.55. The van der Waals surface area contributed by atoms with Gasteiger partial charge >= 0.3 is 0 Å². The highest BCUT2D eigenvalue weighted by atomic mass is 35.5. The maximum atomic E-state index is 13.0. The van der Waals surface area contributed by atoms with Gasteiger partial charge in [-0.2, -0.15) is 0 Å². The summed E-state index contributed by atoms with van der Waals surface area (Å²) in [5.41, 5.74) is 1.11. The molecule has 1 atom stereocenters. The van der Waals surface area contributed by atoms with Crippen LogP contribution < -0.4 is 0 Å². The Hall–Kier alpha value is -1.88. The Labute approximate surface area is 164 Å². The van der Waals surface area contributed by atoms with Crippen LogP contribution in [-0.4, -0.2) is 38.7 Å². The van der Waals surface area contributed by atoms with Crippen LogP contribution in [0.25, 0.3) is 0 Å². The average Bonchev–Trinajstić information content (AvgIpc) is 3.16. The number of hydrogen-bond donors (Lipinski definition) is 0. The van der Waals surface area contributed by atoms with Gasteiger partial charge in [-0.1, -0.05) is 36.2 Å². The van der Waals surface area contributed by atoms with Gasteiger partial charge in [-0.25, -0.2) is 0 Å². The second-order valence-corrected chi connectivity index (χ2v) is 9.00. The van der Waals surface area contributed by atoms with Gasteiger partial charge in [0.1, 0.15) is 12.2 Å². The SMILES string of the molecule is O=C(Cc1ccccc1Cl)N1CC(c2nncn2CC2CC2)C2(CCC2)C1. The molecular weight excluding hydrogens is 360 g/mol. The third-order valence-electron chi connectivity index (χ3n) is 6.76. The molecule has 1 aromatic carbocycles. The zero-order valence-electron chi connectivity index (χ0n) is 15.5. The fraction of sp³-hybridized carbons (Fsp3) is 0.571. The minimum Gasteiger partial charge on any atom is -0.341 e. The van der Waals surface area contributed by atoms with Gasteiger partial charge < -0.3 is 9.47 Å². The molecule has 142 valence electrons. The van der Waals surface area contributed by atoms with Gasteiger partial charge in [0.05, 0.1) is 6.42 Å². The van der Waals surface area contributed by atoms with E-state index in [-0.39, 0.29) is 11.3 Å². The topological polar surface area (TPSA) is 51.0 Å². The molecule has 2 saturated carbocycles.